The summed E-state index contributed by atoms with van der Waals surface area (Å²) in [4.78, 5) is 53.1. The molecule has 0 fully saturated rings. The van der Waals surface area contributed by atoms with E-state index in [9.17, 15) is 14.7 Å². The Labute approximate surface area is 530 Å². The fourth-order valence-corrected chi connectivity index (χ4v) is 10.9. The Morgan fingerprint density at radius 2 is 1.40 bits per heavy atom. The molecule has 1 amide bonds. The second-order valence-electron chi connectivity index (χ2n) is 22.7. The van der Waals surface area contributed by atoms with Crippen LogP contribution in [0.1, 0.15) is 181 Å². The number of amidine groups is 1. The van der Waals surface area contributed by atoms with Crippen LogP contribution in [0, 0.1) is 6.92 Å². The van der Waals surface area contributed by atoms with Gasteiger partial charge in [0, 0.05) is 119 Å². The predicted octanol–water partition coefficient (Wildman–Crippen LogP) is 7.52. The quantitative estimate of drug-likeness (QED) is 0.0345. The maximum Gasteiger partial charge on any atom is 1.00 e. The molecule has 0 aliphatic carbocycles. The standard InChI is InChI=1S/C52H72N7O3.C8H11N4.C4H7N2.C4H6N2.Os/c1-4-17-47(46-26-37-58(38-27-46)33-14-9-11-21-51(61)62)41-48(44-22-29-53-30-23-44)40-43(5-2)45-24-35-57(36-25-45)32-13-8-10-20-50(60)54-28-12-6-7-15-34-59-39-31-55-52(59)49-19-16-18-42(3)56-49;1-11-5-3-9-7(11)8-10-4-6-12(8)2;2*1-6-3-2-5-4-6;/h16,18-19,22-27,29-31,35-39,43,47-48,52H,4-15,17,20-21,28,32-34,40-41H2,1-3H3;3,5-6H,4H2,1-2H3;2-3H,4H2,1H3;2-4H,1H3;/q3*+1;;+1/p+1. The number of imidazole rings is 2. The third-order valence-electron chi connectivity index (χ3n) is 15.8. The number of carbonyl (C=O) groups excluding carboxylic acids is 2. The fraction of sp³-hybridized carbons (Fsp3) is 0.500. The van der Waals surface area contributed by atoms with Crippen LogP contribution in [0.4, 0.5) is 0 Å². The van der Waals surface area contributed by atoms with Crippen molar-refractivity contribution in [2.24, 2.45) is 29.1 Å². The first-order chi connectivity index (χ1) is 41.9. The number of carboxylic acid groups (broad SMARTS) is 1. The molecule has 1 N–H and O–H groups in total. The van der Waals surface area contributed by atoms with Crippen LogP contribution < -0.4 is 29.1 Å². The number of hydrogen-bond donors (Lipinski definition) is 1. The molecule has 18 nitrogen and oxygen atoms in total. The van der Waals surface area contributed by atoms with E-state index in [2.05, 4.69) is 141 Å². The third kappa shape index (κ3) is 25.8. The van der Waals surface area contributed by atoms with Gasteiger partial charge >= 0.3 is 25.6 Å². The average molecular weight is 1360 g/mol. The van der Waals surface area contributed by atoms with E-state index >= 15 is 0 Å². The third-order valence-corrected chi connectivity index (χ3v) is 15.8. The normalized spacial score (nSPS) is 14.8. The molecule has 465 valence electrons. The van der Waals surface area contributed by atoms with Gasteiger partial charge in [-0.05, 0) is 136 Å². The SMILES string of the molecule is CCCC(CC(CC(CC)c1cc[n+](CCCCCC(=O)NCCCCCC[N+]2=CC=NC2c2cccc(C)n2)cc1)c1ccncc1)c1cc[n+](CCCCCC(=O)[O-])cc1.C[N+]1=CC=NC1.C[n+]1cc[n-]c1.Cn1ccnc1C1=NCC=[N+]1C.[Os+]. The zero-order chi connectivity index (χ0) is 61.1. The van der Waals surface area contributed by atoms with E-state index in [-0.39, 0.29) is 38.3 Å². The van der Waals surface area contributed by atoms with Gasteiger partial charge in [0.25, 0.3) is 6.17 Å². The van der Waals surface area contributed by atoms with Crippen molar-refractivity contribution < 1.29 is 61.9 Å². The van der Waals surface area contributed by atoms with Gasteiger partial charge in [-0.15, -0.1) is 0 Å². The Morgan fingerprint density at radius 3 is 1.95 bits per heavy atom. The maximum absolute atomic E-state index is 12.5. The first-order valence-corrected chi connectivity index (χ1v) is 31.3. The molecule has 9 heterocycles. The average Bonchev–Trinajstić information content (AvgIpc) is 3.52. The number of carboxylic acids is 1. The summed E-state index contributed by atoms with van der Waals surface area (Å²) in [7, 11) is 7.89. The Hall–Kier alpha value is -7.38. The number of aryl methyl sites for hydroxylation is 5. The van der Waals surface area contributed by atoms with Crippen LogP contribution in [0.3, 0.4) is 0 Å². The molecule has 87 heavy (non-hydrogen) atoms. The van der Waals surface area contributed by atoms with E-state index in [0.717, 1.165) is 152 Å². The molecule has 0 aromatic carbocycles. The molecule has 6 aromatic rings. The summed E-state index contributed by atoms with van der Waals surface area (Å²) in [5.74, 6) is 2.41. The molecule has 0 saturated carbocycles. The van der Waals surface area contributed by atoms with Gasteiger partial charge in [-0.1, -0.05) is 37.7 Å². The topological polar surface area (TPSA) is 185 Å². The van der Waals surface area contributed by atoms with Gasteiger partial charge in [-0.2, -0.15) is 0 Å². The number of unbranched alkanes of at least 4 members (excludes halogenated alkanes) is 7. The minimum atomic E-state index is -0.961. The monoisotopic (exact) mass is 1360 g/mol. The molecule has 4 atom stereocenters. The summed E-state index contributed by atoms with van der Waals surface area (Å²) in [5.41, 5.74) is 6.18. The minimum Gasteiger partial charge on any atom is -0.550 e. The van der Waals surface area contributed by atoms with Gasteiger partial charge in [-0.25, -0.2) is 47.8 Å². The van der Waals surface area contributed by atoms with E-state index < -0.39 is 5.97 Å². The van der Waals surface area contributed by atoms with Crippen molar-refractivity contribution in [3.8, 4) is 0 Å². The van der Waals surface area contributed by atoms with Crippen molar-refractivity contribution in [2.75, 3.05) is 40.4 Å². The molecule has 1 radical (unpaired) electrons. The Bertz CT molecular complexity index is 3120. The van der Waals surface area contributed by atoms with Crippen LogP contribution >= 0.6 is 0 Å². The van der Waals surface area contributed by atoms with Crippen molar-refractivity contribution in [1.82, 2.24) is 29.8 Å². The molecule has 19 heteroatoms. The van der Waals surface area contributed by atoms with Crippen LogP contribution in [0.2, 0.25) is 0 Å². The fourth-order valence-electron chi connectivity index (χ4n) is 10.9. The first-order valence-electron chi connectivity index (χ1n) is 31.3. The number of rotatable bonds is 31. The smallest absolute Gasteiger partial charge is 0.550 e. The van der Waals surface area contributed by atoms with Crippen molar-refractivity contribution in [2.45, 2.75) is 167 Å². The molecule has 3 aliphatic rings. The van der Waals surface area contributed by atoms with Crippen LogP contribution in [0.5, 0.6) is 0 Å². The zero-order valence-corrected chi connectivity index (χ0v) is 55.4. The van der Waals surface area contributed by atoms with E-state index in [4.69, 9.17) is 0 Å². The summed E-state index contributed by atoms with van der Waals surface area (Å²) < 4.78 is 14.6. The maximum atomic E-state index is 12.5. The molecular weight excluding hydrogens is 1270 g/mol. The second-order valence-corrected chi connectivity index (χ2v) is 22.7. The number of nitrogens with one attached hydrogen (secondary N) is 1. The Kier molecular flexibility index (Phi) is 32.5. The molecular formula is C68H97N15O3Os+5. The van der Waals surface area contributed by atoms with Crippen molar-refractivity contribution in [1.29, 1.82) is 0 Å². The number of carbonyl (C=O) groups is 2. The van der Waals surface area contributed by atoms with Gasteiger partial charge in [0.1, 0.15) is 38.6 Å². The number of amides is 1. The van der Waals surface area contributed by atoms with Gasteiger partial charge in [-0.3, -0.25) is 9.78 Å². The van der Waals surface area contributed by atoms with Crippen LogP contribution in [0.25, 0.3) is 0 Å². The van der Waals surface area contributed by atoms with E-state index in [0.29, 0.717) is 30.6 Å². The minimum absolute atomic E-state index is 0. The largest absolute Gasteiger partial charge is 1.00 e. The number of pyridine rings is 4. The summed E-state index contributed by atoms with van der Waals surface area (Å²) in [6.07, 6.45) is 47.7. The Balaban J connectivity index is 0.000000449. The number of aromatic nitrogens is 8. The molecule has 9 rings (SSSR count). The first kappa shape index (κ1) is 70.4. The molecule has 0 spiro atoms. The van der Waals surface area contributed by atoms with E-state index in [1.54, 1.807) is 24.9 Å². The van der Waals surface area contributed by atoms with E-state index in [1.165, 1.54) is 16.7 Å². The van der Waals surface area contributed by atoms with Gasteiger partial charge in [0.2, 0.25) is 18.4 Å². The van der Waals surface area contributed by atoms with Gasteiger partial charge in [0.15, 0.2) is 43.8 Å². The molecule has 4 unspecified atom stereocenters. The van der Waals surface area contributed by atoms with Crippen LogP contribution in [-0.2, 0) is 56.6 Å². The van der Waals surface area contributed by atoms with Crippen LogP contribution in [-0.4, -0.2) is 122 Å². The summed E-state index contributed by atoms with van der Waals surface area (Å²) in [5, 5.41) is 13.9. The van der Waals surface area contributed by atoms with Crippen molar-refractivity contribution >= 4 is 48.8 Å². The molecule has 0 bridgehead atoms. The second kappa shape index (κ2) is 40.1. The molecule has 0 saturated heterocycles. The van der Waals surface area contributed by atoms with Gasteiger partial charge in [0.05, 0.1) is 25.8 Å². The van der Waals surface area contributed by atoms with Crippen LogP contribution in [0.15, 0.2) is 138 Å². The summed E-state index contributed by atoms with van der Waals surface area (Å²) in [6.45, 7) is 11.8. The van der Waals surface area contributed by atoms with Crippen molar-refractivity contribution in [3.05, 3.63) is 157 Å². The number of aliphatic imine (C=N–C) groups is 3. The Morgan fingerprint density at radius 1 is 0.747 bits per heavy atom. The number of aliphatic carboxylic acids is 1. The van der Waals surface area contributed by atoms with E-state index in [1.807, 2.05) is 109 Å². The predicted molar refractivity (Wildman–Crippen MR) is 338 cm³/mol. The van der Waals surface area contributed by atoms with Gasteiger partial charge < -0.3 is 24.4 Å². The molecule has 3 aliphatic heterocycles. The summed E-state index contributed by atoms with van der Waals surface area (Å²) in [6, 6.07) is 19.8. The number of nitrogens with zero attached hydrogens (tertiary/aromatic N) is 14. The zero-order valence-electron chi connectivity index (χ0n) is 52.8. The summed E-state index contributed by atoms with van der Waals surface area (Å²) >= 11 is 0. The number of hydrogen-bond acceptors (Lipinski definition) is 9. The van der Waals surface area contributed by atoms with Crippen molar-refractivity contribution in [3.63, 3.8) is 0 Å². The molecule has 6 aromatic heterocycles.